The van der Waals surface area contributed by atoms with Crippen LogP contribution in [-0.4, -0.2) is 388 Å². The van der Waals surface area contributed by atoms with Crippen molar-refractivity contribution in [3.8, 4) is 11.5 Å². The summed E-state index contributed by atoms with van der Waals surface area (Å²) in [7, 11) is 0. The third-order valence-electron chi connectivity index (χ3n) is 22.1. The van der Waals surface area contributed by atoms with Gasteiger partial charge in [-0.1, -0.05) is 31.2 Å². The Morgan fingerprint density at radius 1 is 0.407 bits per heavy atom. The van der Waals surface area contributed by atoms with E-state index in [0.717, 1.165) is 21.1 Å². The number of rotatable bonds is 56. The number of phenols is 2. The first-order valence-corrected chi connectivity index (χ1v) is 43.4. The fourth-order valence-electron chi connectivity index (χ4n) is 15.2. The smallest absolute Gasteiger partial charge is 0.305 e. The van der Waals surface area contributed by atoms with Crippen LogP contribution in [0.15, 0.2) is 48.5 Å². The van der Waals surface area contributed by atoms with Crippen molar-refractivity contribution in [1.29, 1.82) is 5.41 Å². The molecule has 4 aliphatic rings. The van der Waals surface area contributed by atoms with Crippen molar-refractivity contribution in [1.82, 2.24) is 83.4 Å². The van der Waals surface area contributed by atoms with Crippen molar-refractivity contribution in [2.24, 2.45) is 17.2 Å². The van der Waals surface area contributed by atoms with Gasteiger partial charge in [0, 0.05) is 84.3 Å². The molecule has 4 aliphatic heterocycles. The SMILES string of the molecule is CCCOCCOCCC(=O)NC(CCC(=O)O)C(=O)NC(CCCNC(=N)N)C(=O)NC(CC(=O)O)C(=O)N1CCCC1C(=O)NC(Cc1ccc(O)cc1)C(=O)NC(CO)C(=O)N1CC(O)CC1C(=O)NC(CO)C(=O)NC(CCC(N)=O)C(=O)NC(CC(=O)O)C(=O)N1CCCC1C(=O)NC(Cc1ccc(O)cc1)C(=O)NC(CO)C(=O)N1CC(O)CC1C(=O)NC(CO)C(N)=O. The zero-order valence-corrected chi connectivity index (χ0v) is 73.8. The van der Waals surface area contributed by atoms with Crippen LogP contribution in [0.25, 0.3) is 0 Å². The Hall–Kier alpha value is -13.6. The summed E-state index contributed by atoms with van der Waals surface area (Å²) in [4.78, 5) is 277. The number of phenolic OH excluding ortho intramolecular Hbond substituents is 2. The van der Waals surface area contributed by atoms with E-state index in [1.54, 1.807) is 0 Å². The molecule has 0 bridgehead atoms. The first-order valence-electron chi connectivity index (χ1n) is 43.4. The van der Waals surface area contributed by atoms with E-state index in [1.165, 1.54) is 48.5 Å². The number of guanidine groups is 1. The molecule has 0 aliphatic carbocycles. The largest absolute Gasteiger partial charge is 0.508 e. The second-order valence-electron chi connectivity index (χ2n) is 32.4. The molecule has 17 amide bonds. The molecule has 0 saturated carbocycles. The standard InChI is InChI=1S/C82H120N20O33/c1-2-25-134-27-28-135-26-21-63(112)88-48(18-20-64(113)114)69(121)89-47(6-3-22-87-82(85)86)68(120)93-52(33-65(115)116)78(130)99-23-4-7-58(99)74(126)91-51(30-42-11-15-44(108)16-12-42)72(124)98-57(40-106)81(133)102-36-46(110)32-61(102)77(129)96-55(38-104)73(125)90-49(17-19-62(83)111)70(122)94-53(34-66(117)118)79(131)100-24-5-8-59(100)75(127)92-50(29-41-9-13-43(107)14-10-41)71(123)97-56(39-105)80(132)101-35-45(109)31-60(101)76(128)95-54(37-103)67(84)119/h9-16,45-61,103-110H,2-8,17-40H2,1H3,(H2,83,111)(H2,84,119)(H,88,112)(H,89,121)(H,90,125)(H,91,126)(H,92,127)(H,93,120)(H,94,122)(H,95,128)(H,96,129)(H,97,123)(H,98,124)(H,113,114)(H,115,116)(H,117,118)(H4,85,86,87). The Morgan fingerprint density at radius 3 is 1.16 bits per heavy atom. The highest BCUT2D eigenvalue weighted by Crippen LogP contribution is 2.26. The molecule has 2 aromatic rings. The van der Waals surface area contributed by atoms with Gasteiger partial charge >= 0.3 is 17.9 Å². The van der Waals surface area contributed by atoms with Crippen molar-refractivity contribution >= 4 is 124 Å². The van der Waals surface area contributed by atoms with E-state index in [-0.39, 0.29) is 107 Å². The number of nitrogens with zero attached hydrogens (tertiary/aromatic N) is 4. The van der Waals surface area contributed by atoms with E-state index in [1.807, 2.05) is 6.92 Å². The average Bonchev–Trinajstić information content (AvgIpc) is 1.66. The summed E-state index contributed by atoms with van der Waals surface area (Å²) in [6, 6.07) is -16.8. The summed E-state index contributed by atoms with van der Waals surface area (Å²) < 4.78 is 10.7. The zero-order chi connectivity index (χ0) is 100. The lowest BCUT2D eigenvalue weighted by Gasteiger charge is -2.31. The molecule has 0 radical (unpaired) electrons. The van der Waals surface area contributed by atoms with Crippen molar-refractivity contribution in [3.63, 3.8) is 0 Å². The Morgan fingerprint density at radius 2 is 0.763 bits per heavy atom. The number of amides is 17. The predicted octanol–water partition coefficient (Wildman–Crippen LogP) is -12.2. The van der Waals surface area contributed by atoms with Crippen molar-refractivity contribution in [2.75, 3.05) is 85.6 Å². The maximum absolute atomic E-state index is 14.7. The van der Waals surface area contributed by atoms with Gasteiger partial charge in [-0.2, -0.15) is 0 Å². The first kappa shape index (κ1) is 110. The number of carboxylic acid groups (broad SMARTS) is 3. The van der Waals surface area contributed by atoms with Crippen LogP contribution in [0.3, 0.4) is 0 Å². The average molecular weight is 1910 g/mol. The topological polar surface area (TPSA) is 842 Å². The lowest BCUT2D eigenvalue weighted by atomic mass is 10.0. The Balaban J connectivity index is 1.15. The summed E-state index contributed by atoms with van der Waals surface area (Å²) in [6.07, 6.45) is -9.95. The predicted molar refractivity (Wildman–Crippen MR) is 460 cm³/mol. The number of likely N-dealkylation sites (tertiary alicyclic amines) is 4. The van der Waals surface area contributed by atoms with Crippen molar-refractivity contribution in [2.45, 2.75) is 225 Å². The van der Waals surface area contributed by atoms with Gasteiger partial charge in [0.25, 0.3) is 0 Å². The van der Waals surface area contributed by atoms with Gasteiger partial charge in [-0.05, 0) is 93.2 Å². The van der Waals surface area contributed by atoms with Crippen LogP contribution in [0.5, 0.6) is 11.5 Å². The summed E-state index contributed by atoms with van der Waals surface area (Å²) in [5, 5.41) is 148. The molecule has 135 heavy (non-hydrogen) atoms. The van der Waals surface area contributed by atoms with E-state index in [9.17, 15) is 152 Å². The van der Waals surface area contributed by atoms with Crippen LogP contribution in [0, 0.1) is 5.41 Å². The van der Waals surface area contributed by atoms with E-state index in [0.29, 0.717) is 11.5 Å². The minimum atomic E-state index is -2.12. The third kappa shape index (κ3) is 34.7. The van der Waals surface area contributed by atoms with Crippen LogP contribution in [0.1, 0.15) is 121 Å². The van der Waals surface area contributed by atoms with Gasteiger partial charge in [0.1, 0.15) is 102 Å². The monoisotopic (exact) mass is 1910 g/mol. The molecule has 4 saturated heterocycles. The Labute approximate surface area is 771 Å². The number of aliphatic hydroxyl groups is 6. The molecular weight excluding hydrogens is 1790 g/mol. The fraction of sp³-hybridized carbons (Fsp3) is 0.598. The number of carbonyl (C=O) groups excluding carboxylic acids is 17. The highest BCUT2D eigenvalue weighted by molar-refractivity contribution is 6.02. The van der Waals surface area contributed by atoms with E-state index < -0.39 is 331 Å². The summed E-state index contributed by atoms with van der Waals surface area (Å²) in [5.41, 5.74) is 16.6. The van der Waals surface area contributed by atoms with Gasteiger partial charge < -0.3 is 166 Å². The van der Waals surface area contributed by atoms with Crippen LogP contribution < -0.4 is 81.0 Å². The number of aliphatic hydroxyl groups excluding tert-OH is 6. The lowest BCUT2D eigenvalue weighted by molar-refractivity contribution is -0.146. The molecule has 17 atom stereocenters. The molecule has 53 heteroatoms. The number of primary amides is 2. The number of aliphatic carboxylic acids is 3. The number of nitrogens with one attached hydrogen (secondary N) is 13. The molecular formula is C82H120N20O33. The van der Waals surface area contributed by atoms with E-state index in [2.05, 4.69) is 63.8 Å². The number of nitrogens with two attached hydrogens (primary N) is 3. The number of carbonyl (C=O) groups is 20. The normalized spacial score (nSPS) is 19.2. The molecule has 2 aromatic carbocycles. The number of hydrogen-bond acceptors (Lipinski definition) is 31. The van der Waals surface area contributed by atoms with Crippen LogP contribution in [-0.2, 0) is 118 Å². The number of aromatic hydroxyl groups is 2. The zero-order valence-electron chi connectivity index (χ0n) is 73.8. The molecule has 53 nitrogen and oxygen atoms in total. The molecule has 17 unspecified atom stereocenters. The quantitative estimate of drug-likeness (QED) is 0.0166. The van der Waals surface area contributed by atoms with Crippen LogP contribution in [0.4, 0.5) is 0 Å². The van der Waals surface area contributed by atoms with Gasteiger partial charge in [0.2, 0.25) is 100 Å². The van der Waals surface area contributed by atoms with Gasteiger partial charge in [0.05, 0.1) is 71.3 Å². The Bertz CT molecular complexity index is 4530. The first-order chi connectivity index (χ1) is 64.0. The van der Waals surface area contributed by atoms with Gasteiger partial charge in [-0.15, -0.1) is 0 Å². The molecule has 0 aromatic heterocycles. The minimum absolute atomic E-state index is 0.0283. The van der Waals surface area contributed by atoms with Gasteiger partial charge in [-0.3, -0.25) is 101 Å². The third-order valence-corrected chi connectivity index (χ3v) is 22.1. The second kappa shape index (κ2) is 54.5. The number of ether oxygens (including phenoxy) is 2. The van der Waals surface area contributed by atoms with E-state index in [4.69, 9.17) is 32.1 Å². The maximum Gasteiger partial charge on any atom is 0.305 e. The van der Waals surface area contributed by atoms with E-state index >= 15 is 0 Å². The van der Waals surface area contributed by atoms with Gasteiger partial charge in [0.15, 0.2) is 5.96 Å². The highest BCUT2D eigenvalue weighted by atomic mass is 16.5. The molecule has 0 spiro atoms. The minimum Gasteiger partial charge on any atom is -0.508 e. The maximum atomic E-state index is 14.7. The number of hydrogen-bond donors (Lipinski definition) is 27. The number of β-amino-alcohol motifs (C(OH)–C–C–N with tert-alkyl or cyclic N) is 2. The van der Waals surface area contributed by atoms with Crippen molar-refractivity contribution in [3.05, 3.63) is 59.7 Å². The molecule has 6 rings (SSSR count). The molecule has 30 N–H and O–H groups in total. The fourth-order valence-corrected chi connectivity index (χ4v) is 15.2. The summed E-state index contributed by atoms with van der Waals surface area (Å²) in [6.45, 7) is -3.96. The van der Waals surface area contributed by atoms with Crippen molar-refractivity contribution < 1.29 is 162 Å². The lowest BCUT2D eigenvalue weighted by Crippen LogP contribution is -2.61. The Kier molecular flexibility index (Phi) is 44.5. The molecule has 4 heterocycles. The summed E-state index contributed by atoms with van der Waals surface area (Å²) in [5.74, 6) is -25.5. The highest BCUT2D eigenvalue weighted by Gasteiger charge is 2.48. The summed E-state index contributed by atoms with van der Waals surface area (Å²) >= 11 is 0. The molecule has 4 fully saturated rings. The number of benzene rings is 2. The second-order valence-corrected chi connectivity index (χ2v) is 32.4. The number of carboxylic acids is 3. The molecule has 746 valence electrons. The van der Waals surface area contributed by atoms with Gasteiger partial charge in [-0.25, -0.2) is 0 Å². The van der Waals surface area contributed by atoms with Crippen LogP contribution >= 0.6 is 0 Å². The van der Waals surface area contributed by atoms with Crippen LogP contribution in [0.2, 0.25) is 0 Å².